The summed E-state index contributed by atoms with van der Waals surface area (Å²) in [7, 11) is 0. The second-order valence-corrected chi connectivity index (χ2v) is 5.67. The Kier molecular flexibility index (Phi) is 25.0. The van der Waals surface area contributed by atoms with Crippen molar-refractivity contribution in [1.29, 1.82) is 0 Å². The summed E-state index contributed by atoms with van der Waals surface area (Å²) >= 11 is 0. The molecule has 142 valence electrons. The number of H-pyrrole nitrogens is 1. The van der Waals surface area contributed by atoms with Gasteiger partial charge in [-0.25, -0.2) is 0 Å². The van der Waals surface area contributed by atoms with Crippen LogP contribution < -0.4 is 0 Å². The third kappa shape index (κ3) is 18.8. The Morgan fingerprint density at radius 1 is 0.875 bits per heavy atom. The highest BCUT2D eigenvalue weighted by atomic mass is 14.7. The number of rotatable bonds is 0. The smallest absolute Gasteiger partial charge is 0.0456 e. The minimum absolute atomic E-state index is 1.08. The molecule has 1 aliphatic rings. The highest BCUT2D eigenvalue weighted by Crippen LogP contribution is 2.26. The summed E-state index contributed by atoms with van der Waals surface area (Å²) in [4.78, 5) is 3.16. The van der Waals surface area contributed by atoms with Crippen molar-refractivity contribution >= 4 is 10.9 Å². The molecule has 1 saturated carbocycles. The van der Waals surface area contributed by atoms with Crippen LogP contribution in [-0.2, 0) is 0 Å². The van der Waals surface area contributed by atoms with Gasteiger partial charge in [0.1, 0.15) is 0 Å². The summed E-state index contributed by atoms with van der Waals surface area (Å²) in [6.07, 6.45) is 7.43. The van der Waals surface area contributed by atoms with E-state index in [0.29, 0.717) is 0 Å². The second-order valence-electron chi connectivity index (χ2n) is 5.67. The fourth-order valence-electron chi connectivity index (χ4n) is 1.33. The van der Waals surface area contributed by atoms with Crippen LogP contribution in [0.15, 0.2) is 30.5 Å². The van der Waals surface area contributed by atoms with E-state index in [4.69, 9.17) is 0 Å². The van der Waals surface area contributed by atoms with Crippen LogP contribution in [-0.4, -0.2) is 4.98 Å². The van der Waals surface area contributed by atoms with E-state index in [2.05, 4.69) is 70.8 Å². The molecular formula is C23H45N. The standard InChI is InChI=1S/C9H9N.C4H8.2C3H8.2C2H6/c1-7-2-3-8-4-5-10-9(8)6-7;1-4-2-3-4;2*1-3-2;2*1-2/h2-6,10H,1H3;4H,2-3H2,1H3;2*3H2,1-2H3;2*1-2H3. The lowest BCUT2D eigenvalue weighted by Gasteiger charge is -1.90. The van der Waals surface area contributed by atoms with E-state index in [-0.39, 0.29) is 0 Å². The number of aryl methyl sites for hydroxylation is 1. The first-order valence-corrected chi connectivity index (χ1v) is 10.1. The van der Waals surface area contributed by atoms with E-state index in [9.17, 15) is 0 Å². The molecule has 0 aliphatic heterocycles. The first kappa shape index (κ1) is 27.6. The summed E-state index contributed by atoms with van der Waals surface area (Å²) in [6, 6.07) is 8.47. The molecule has 2 aromatic rings. The predicted octanol–water partition coefficient (Wildman–Crippen LogP) is 8.78. The van der Waals surface area contributed by atoms with Gasteiger partial charge in [0.05, 0.1) is 0 Å². The van der Waals surface area contributed by atoms with Crippen molar-refractivity contribution in [3.63, 3.8) is 0 Å². The predicted molar refractivity (Wildman–Crippen MR) is 116 cm³/mol. The third-order valence-corrected chi connectivity index (χ3v) is 2.58. The van der Waals surface area contributed by atoms with Gasteiger partial charge in [0.2, 0.25) is 0 Å². The van der Waals surface area contributed by atoms with Crippen LogP contribution in [0.3, 0.4) is 0 Å². The zero-order valence-electron chi connectivity index (χ0n) is 18.3. The maximum atomic E-state index is 3.16. The topological polar surface area (TPSA) is 15.8 Å². The van der Waals surface area contributed by atoms with Gasteiger partial charge in [-0.15, -0.1) is 0 Å². The second kappa shape index (κ2) is 21.8. The molecule has 1 heterocycles. The summed E-state index contributed by atoms with van der Waals surface area (Å²) in [6.45, 7) is 20.9. The van der Waals surface area contributed by atoms with Crippen LogP contribution in [0.4, 0.5) is 0 Å². The van der Waals surface area contributed by atoms with E-state index < -0.39 is 0 Å². The molecule has 1 nitrogen and oxygen atoms in total. The summed E-state index contributed by atoms with van der Waals surface area (Å²) < 4.78 is 0. The number of nitrogens with one attached hydrogen (secondary N) is 1. The Balaban J connectivity index is -0.000000266. The summed E-state index contributed by atoms with van der Waals surface area (Å²) in [5.74, 6) is 1.08. The Labute approximate surface area is 153 Å². The number of hydrogen-bond donors (Lipinski definition) is 1. The van der Waals surface area contributed by atoms with Gasteiger partial charge in [0.15, 0.2) is 0 Å². The van der Waals surface area contributed by atoms with Crippen LogP contribution in [0.5, 0.6) is 0 Å². The van der Waals surface area contributed by atoms with Gasteiger partial charge in [-0.05, 0) is 35.9 Å². The molecular weight excluding hydrogens is 290 g/mol. The molecule has 1 aliphatic carbocycles. The molecule has 1 aromatic heterocycles. The average molecular weight is 336 g/mol. The van der Waals surface area contributed by atoms with Crippen molar-refractivity contribution in [1.82, 2.24) is 4.98 Å². The van der Waals surface area contributed by atoms with Gasteiger partial charge in [0, 0.05) is 11.7 Å². The quantitative estimate of drug-likeness (QED) is 0.495. The normalized spacial score (nSPS) is 10.8. The van der Waals surface area contributed by atoms with E-state index in [0.717, 1.165) is 5.92 Å². The highest BCUT2D eigenvalue weighted by molar-refractivity contribution is 5.79. The van der Waals surface area contributed by atoms with Crippen LogP contribution in [0.25, 0.3) is 10.9 Å². The van der Waals surface area contributed by atoms with E-state index in [1.165, 1.54) is 42.1 Å². The molecule has 24 heavy (non-hydrogen) atoms. The third-order valence-electron chi connectivity index (χ3n) is 2.58. The largest absolute Gasteiger partial charge is 0.361 e. The molecule has 0 saturated heterocycles. The monoisotopic (exact) mass is 335 g/mol. The van der Waals surface area contributed by atoms with Gasteiger partial charge in [-0.1, -0.05) is 100 Å². The van der Waals surface area contributed by atoms with E-state index in [1.54, 1.807) is 0 Å². The summed E-state index contributed by atoms with van der Waals surface area (Å²) in [5, 5.41) is 1.28. The maximum absolute atomic E-state index is 3.16. The Hall–Kier alpha value is -1.24. The lowest BCUT2D eigenvalue weighted by molar-refractivity contribution is 0.983. The van der Waals surface area contributed by atoms with Crippen molar-refractivity contribution in [2.24, 2.45) is 5.92 Å². The van der Waals surface area contributed by atoms with Gasteiger partial charge in [-0.3, -0.25) is 0 Å². The molecule has 0 spiro atoms. The average Bonchev–Trinajstić information content (AvgIpc) is 3.23. The van der Waals surface area contributed by atoms with Crippen molar-refractivity contribution in [3.8, 4) is 0 Å². The van der Waals surface area contributed by atoms with Crippen LogP contribution >= 0.6 is 0 Å². The molecule has 1 heteroatoms. The lowest BCUT2D eigenvalue weighted by Crippen LogP contribution is -1.70. The fraction of sp³-hybridized carbons (Fsp3) is 0.652. The Bertz CT molecular complexity index is 436. The SMILES string of the molecule is CC.CC.CC1CC1.CCC.CCC.Cc1ccc2cc[nH]c2c1. The van der Waals surface area contributed by atoms with Gasteiger partial charge >= 0.3 is 0 Å². The maximum Gasteiger partial charge on any atom is 0.0456 e. The van der Waals surface area contributed by atoms with Gasteiger partial charge in [0.25, 0.3) is 0 Å². The van der Waals surface area contributed by atoms with Gasteiger partial charge in [-0.2, -0.15) is 0 Å². The molecule has 0 atom stereocenters. The molecule has 0 unspecified atom stereocenters. The van der Waals surface area contributed by atoms with Crippen molar-refractivity contribution in [3.05, 3.63) is 36.0 Å². The van der Waals surface area contributed by atoms with E-state index >= 15 is 0 Å². The lowest BCUT2D eigenvalue weighted by atomic mass is 10.2. The van der Waals surface area contributed by atoms with Crippen LogP contribution in [0, 0.1) is 12.8 Å². The van der Waals surface area contributed by atoms with Crippen LogP contribution in [0.2, 0.25) is 0 Å². The molecule has 1 fully saturated rings. The Morgan fingerprint density at radius 3 is 1.67 bits per heavy atom. The number of aromatic amines is 1. The first-order valence-electron chi connectivity index (χ1n) is 10.1. The minimum atomic E-state index is 1.08. The molecule has 3 rings (SSSR count). The van der Waals surface area contributed by atoms with Crippen molar-refractivity contribution < 1.29 is 0 Å². The fourth-order valence-corrected chi connectivity index (χ4v) is 1.33. The zero-order valence-corrected chi connectivity index (χ0v) is 18.3. The molecule has 0 amide bonds. The zero-order chi connectivity index (χ0) is 19.4. The minimum Gasteiger partial charge on any atom is -0.361 e. The summed E-state index contributed by atoms with van der Waals surface area (Å²) in [5.41, 5.74) is 2.52. The van der Waals surface area contributed by atoms with Crippen molar-refractivity contribution in [2.75, 3.05) is 0 Å². The van der Waals surface area contributed by atoms with Crippen molar-refractivity contribution in [2.45, 2.75) is 94.9 Å². The molecule has 0 bridgehead atoms. The number of hydrogen-bond acceptors (Lipinski definition) is 0. The van der Waals surface area contributed by atoms with Gasteiger partial charge < -0.3 is 4.98 Å². The molecule has 1 N–H and O–H groups in total. The highest BCUT2D eigenvalue weighted by Gasteiger charge is 2.12. The molecule has 1 aromatic carbocycles. The number of fused-ring (bicyclic) bond motifs is 1. The van der Waals surface area contributed by atoms with Crippen LogP contribution in [0.1, 0.15) is 93.6 Å². The van der Waals surface area contributed by atoms with E-state index in [1.807, 2.05) is 33.9 Å². The molecule has 0 radical (unpaired) electrons. The number of aromatic nitrogens is 1. The Morgan fingerprint density at radius 2 is 1.29 bits per heavy atom. The number of benzene rings is 1. The first-order chi connectivity index (χ1) is 11.6.